The van der Waals surface area contributed by atoms with E-state index in [1.54, 1.807) is 18.2 Å². The monoisotopic (exact) mass is 280 g/mol. The average Bonchev–Trinajstić information content (AvgIpc) is 2.33. The van der Waals surface area contributed by atoms with Gasteiger partial charge < -0.3 is 14.9 Å². The number of benzene rings is 1. The first-order valence-electron chi connectivity index (χ1n) is 7.23. The van der Waals surface area contributed by atoms with Gasteiger partial charge in [0.15, 0.2) is 0 Å². The fraction of sp³-hybridized carbons (Fsp3) is 0.625. The summed E-state index contributed by atoms with van der Waals surface area (Å²) in [6.07, 6.45) is 2.88. The second kappa shape index (κ2) is 6.20. The van der Waals surface area contributed by atoms with Crippen molar-refractivity contribution in [3.63, 3.8) is 0 Å². The van der Waals surface area contributed by atoms with Crippen LogP contribution in [-0.4, -0.2) is 54.7 Å². The fourth-order valence-electron chi connectivity index (χ4n) is 3.04. The van der Waals surface area contributed by atoms with Crippen molar-refractivity contribution in [1.82, 2.24) is 9.80 Å². The molecule has 1 aliphatic carbocycles. The Bertz CT molecular complexity index is 446. The first-order valence-corrected chi connectivity index (χ1v) is 7.23. The summed E-state index contributed by atoms with van der Waals surface area (Å²) in [5.74, 6) is -0.334. The van der Waals surface area contributed by atoms with Crippen molar-refractivity contribution in [2.45, 2.75) is 30.9 Å². The minimum Gasteiger partial charge on any atom is -0.387 e. The Morgan fingerprint density at radius 1 is 1.25 bits per heavy atom. The van der Waals surface area contributed by atoms with Crippen LogP contribution in [0.2, 0.25) is 0 Å². The van der Waals surface area contributed by atoms with Gasteiger partial charge in [0.2, 0.25) is 0 Å². The van der Waals surface area contributed by atoms with E-state index in [1.165, 1.54) is 25.3 Å². The van der Waals surface area contributed by atoms with Gasteiger partial charge in [0, 0.05) is 24.2 Å². The summed E-state index contributed by atoms with van der Waals surface area (Å²) in [5.41, 5.74) is 0.607. The van der Waals surface area contributed by atoms with Gasteiger partial charge in [0.25, 0.3) is 0 Å². The Balaban J connectivity index is 1.94. The van der Waals surface area contributed by atoms with Gasteiger partial charge in [-0.3, -0.25) is 0 Å². The maximum absolute atomic E-state index is 13.6. The van der Waals surface area contributed by atoms with Crippen molar-refractivity contribution in [2.75, 3.05) is 34.2 Å². The van der Waals surface area contributed by atoms with E-state index in [1.807, 2.05) is 7.05 Å². The maximum Gasteiger partial charge on any atom is 0.129 e. The smallest absolute Gasteiger partial charge is 0.129 e. The molecule has 0 amide bonds. The molecule has 0 aliphatic heterocycles. The molecule has 112 valence electrons. The maximum atomic E-state index is 13.6. The Hall–Kier alpha value is -0.970. The predicted octanol–water partition coefficient (Wildman–Crippen LogP) is 2.28. The molecule has 20 heavy (non-hydrogen) atoms. The third-order valence-corrected chi connectivity index (χ3v) is 4.55. The van der Waals surface area contributed by atoms with Crippen LogP contribution in [0.4, 0.5) is 4.39 Å². The van der Waals surface area contributed by atoms with E-state index in [0.717, 1.165) is 6.54 Å². The first kappa shape index (κ1) is 15.4. The fourth-order valence-corrected chi connectivity index (χ4v) is 3.04. The number of aliphatic hydroxyl groups is 1. The van der Waals surface area contributed by atoms with Crippen LogP contribution in [0.3, 0.4) is 0 Å². The SMILES string of the molecule is CN(CC(O)c1ccccc1F)CC1(N(C)C)CCC1. The number of rotatable bonds is 6. The average molecular weight is 280 g/mol. The molecule has 1 atom stereocenters. The van der Waals surface area contributed by atoms with Crippen molar-refractivity contribution < 1.29 is 9.50 Å². The molecule has 1 aromatic rings. The van der Waals surface area contributed by atoms with Gasteiger partial charge in [-0.25, -0.2) is 4.39 Å². The highest BCUT2D eigenvalue weighted by molar-refractivity contribution is 5.20. The summed E-state index contributed by atoms with van der Waals surface area (Å²) >= 11 is 0. The summed E-state index contributed by atoms with van der Waals surface area (Å²) < 4.78 is 13.6. The molecule has 0 radical (unpaired) electrons. The second-order valence-corrected chi connectivity index (χ2v) is 6.21. The molecule has 0 bridgehead atoms. The molecule has 4 heteroatoms. The van der Waals surface area contributed by atoms with E-state index in [9.17, 15) is 9.50 Å². The molecule has 1 fully saturated rings. The van der Waals surface area contributed by atoms with Crippen LogP contribution in [0, 0.1) is 5.82 Å². The number of hydrogen-bond donors (Lipinski definition) is 1. The molecule has 2 rings (SSSR count). The molecule has 1 aromatic carbocycles. The van der Waals surface area contributed by atoms with E-state index in [0.29, 0.717) is 12.1 Å². The highest BCUT2D eigenvalue weighted by Crippen LogP contribution is 2.36. The lowest BCUT2D eigenvalue weighted by atomic mass is 9.75. The third-order valence-electron chi connectivity index (χ3n) is 4.55. The zero-order chi connectivity index (χ0) is 14.8. The van der Waals surface area contributed by atoms with Crippen LogP contribution in [0.1, 0.15) is 30.9 Å². The molecule has 1 N–H and O–H groups in total. The Morgan fingerprint density at radius 3 is 2.40 bits per heavy atom. The largest absolute Gasteiger partial charge is 0.387 e. The molecular weight excluding hydrogens is 255 g/mol. The van der Waals surface area contributed by atoms with E-state index in [2.05, 4.69) is 23.9 Å². The standard InChI is InChI=1S/C16H25FN2O/c1-18(2)16(9-6-10-16)12-19(3)11-15(20)13-7-4-5-8-14(13)17/h4-5,7-8,15,20H,6,9-12H2,1-3H3. The predicted molar refractivity (Wildman–Crippen MR) is 79.1 cm³/mol. The Labute approximate surface area is 121 Å². The zero-order valence-electron chi connectivity index (χ0n) is 12.6. The molecule has 1 unspecified atom stereocenters. The van der Waals surface area contributed by atoms with Crippen LogP contribution < -0.4 is 0 Å². The van der Waals surface area contributed by atoms with E-state index >= 15 is 0 Å². The van der Waals surface area contributed by atoms with Crippen LogP contribution in [0.5, 0.6) is 0 Å². The topological polar surface area (TPSA) is 26.7 Å². The lowest BCUT2D eigenvalue weighted by molar-refractivity contribution is 0.0143. The lowest BCUT2D eigenvalue weighted by Crippen LogP contribution is -2.57. The minimum absolute atomic E-state index is 0.226. The van der Waals surface area contributed by atoms with Crippen LogP contribution in [0.15, 0.2) is 24.3 Å². The van der Waals surface area contributed by atoms with E-state index in [4.69, 9.17) is 0 Å². The summed E-state index contributed by atoms with van der Waals surface area (Å²) in [6.45, 7) is 1.36. The van der Waals surface area contributed by atoms with Crippen molar-refractivity contribution in [2.24, 2.45) is 0 Å². The molecule has 3 nitrogen and oxygen atoms in total. The van der Waals surface area contributed by atoms with Gasteiger partial charge >= 0.3 is 0 Å². The number of likely N-dealkylation sites (N-methyl/N-ethyl adjacent to an activating group) is 2. The first-order chi connectivity index (χ1) is 9.44. The summed E-state index contributed by atoms with van der Waals surface area (Å²) in [5, 5.41) is 10.2. The second-order valence-electron chi connectivity index (χ2n) is 6.21. The molecule has 1 aliphatic rings. The van der Waals surface area contributed by atoms with Gasteiger partial charge in [0.05, 0.1) is 6.10 Å². The van der Waals surface area contributed by atoms with Crippen molar-refractivity contribution in [3.8, 4) is 0 Å². The van der Waals surface area contributed by atoms with Gasteiger partial charge in [-0.1, -0.05) is 18.2 Å². The quantitative estimate of drug-likeness (QED) is 0.866. The molecule has 0 aromatic heterocycles. The minimum atomic E-state index is -0.777. The summed E-state index contributed by atoms with van der Waals surface area (Å²) in [7, 11) is 6.22. The molecule has 0 spiro atoms. The Kier molecular flexibility index (Phi) is 4.78. The van der Waals surface area contributed by atoms with E-state index < -0.39 is 6.10 Å². The van der Waals surface area contributed by atoms with Crippen molar-refractivity contribution >= 4 is 0 Å². The molecule has 1 saturated carbocycles. The highest BCUT2D eigenvalue weighted by Gasteiger charge is 2.39. The van der Waals surface area contributed by atoms with Gasteiger partial charge in [-0.15, -0.1) is 0 Å². The van der Waals surface area contributed by atoms with Crippen molar-refractivity contribution in [3.05, 3.63) is 35.6 Å². The van der Waals surface area contributed by atoms with Gasteiger partial charge in [-0.05, 0) is 46.5 Å². The number of hydrogen-bond acceptors (Lipinski definition) is 3. The summed E-state index contributed by atoms with van der Waals surface area (Å²) in [4.78, 5) is 4.39. The van der Waals surface area contributed by atoms with Gasteiger partial charge in [0.1, 0.15) is 5.82 Å². The highest BCUT2D eigenvalue weighted by atomic mass is 19.1. The molecule has 0 heterocycles. The lowest BCUT2D eigenvalue weighted by Gasteiger charge is -2.49. The number of halogens is 1. The van der Waals surface area contributed by atoms with Crippen LogP contribution >= 0.6 is 0 Å². The molecular formula is C16H25FN2O. The van der Waals surface area contributed by atoms with Crippen molar-refractivity contribution in [1.29, 1.82) is 0 Å². The third kappa shape index (κ3) is 3.19. The number of nitrogens with zero attached hydrogens (tertiary/aromatic N) is 2. The zero-order valence-corrected chi connectivity index (χ0v) is 12.6. The van der Waals surface area contributed by atoms with Crippen LogP contribution in [-0.2, 0) is 0 Å². The molecule has 0 saturated heterocycles. The Morgan fingerprint density at radius 2 is 1.90 bits per heavy atom. The van der Waals surface area contributed by atoms with Crippen LogP contribution in [0.25, 0.3) is 0 Å². The number of aliphatic hydroxyl groups excluding tert-OH is 1. The normalized spacial score (nSPS) is 19.1. The summed E-state index contributed by atoms with van der Waals surface area (Å²) in [6, 6.07) is 6.45. The van der Waals surface area contributed by atoms with Gasteiger partial charge in [-0.2, -0.15) is 0 Å². The van der Waals surface area contributed by atoms with E-state index in [-0.39, 0.29) is 11.4 Å².